The highest BCUT2D eigenvalue weighted by Crippen LogP contribution is 2.31. The van der Waals surface area contributed by atoms with Crippen LogP contribution in [0.4, 0.5) is 10.2 Å². The van der Waals surface area contributed by atoms with Crippen molar-refractivity contribution in [1.29, 1.82) is 0 Å². The van der Waals surface area contributed by atoms with Gasteiger partial charge in [0.25, 0.3) is 0 Å². The van der Waals surface area contributed by atoms with Crippen LogP contribution in [0.25, 0.3) is 11.1 Å². The predicted molar refractivity (Wildman–Crippen MR) is 97.0 cm³/mol. The van der Waals surface area contributed by atoms with Crippen molar-refractivity contribution in [1.82, 2.24) is 4.98 Å². The maximum Gasteiger partial charge on any atom is 0.130 e. The van der Waals surface area contributed by atoms with Gasteiger partial charge in [0.05, 0.1) is 7.11 Å². The summed E-state index contributed by atoms with van der Waals surface area (Å²) in [5, 5.41) is 5.27. The van der Waals surface area contributed by atoms with Crippen molar-refractivity contribution in [2.75, 3.05) is 12.4 Å². The molecule has 3 rings (SSSR count). The molecule has 1 aromatic carbocycles. The van der Waals surface area contributed by atoms with Crippen LogP contribution in [0.15, 0.2) is 66.3 Å². The molecule has 0 aliphatic rings. The van der Waals surface area contributed by atoms with Crippen molar-refractivity contribution in [2.45, 2.75) is 6.42 Å². The number of hydrogen-bond donors (Lipinski definition) is 1. The van der Waals surface area contributed by atoms with E-state index in [1.807, 2.05) is 23.6 Å². The van der Waals surface area contributed by atoms with Crippen molar-refractivity contribution in [3.05, 3.63) is 77.0 Å². The summed E-state index contributed by atoms with van der Waals surface area (Å²) in [4.78, 5) is 5.56. The third kappa shape index (κ3) is 3.81. The number of benzene rings is 1. The number of halogens is 1. The van der Waals surface area contributed by atoms with Crippen molar-refractivity contribution >= 4 is 17.2 Å². The van der Waals surface area contributed by atoms with Gasteiger partial charge in [0.1, 0.15) is 17.4 Å². The van der Waals surface area contributed by atoms with Gasteiger partial charge in [-0.15, -0.1) is 11.3 Å². The molecule has 3 nitrogen and oxygen atoms in total. The monoisotopic (exact) mass is 340 g/mol. The largest absolute Gasteiger partial charge is 0.496 e. The van der Waals surface area contributed by atoms with Crippen molar-refractivity contribution in [3.63, 3.8) is 0 Å². The summed E-state index contributed by atoms with van der Waals surface area (Å²) in [7, 11) is 1.53. The van der Waals surface area contributed by atoms with E-state index in [1.165, 1.54) is 24.1 Å². The van der Waals surface area contributed by atoms with Crippen LogP contribution < -0.4 is 10.1 Å². The standard InChI is InChI=1S/C19H17FN2OS/c1-13(10-16-4-3-9-24-16)22-19-11-14(7-8-21-19)17-6-5-15(20)12-18(17)23-2/h3-9,11-12H,1,10H2,2H3,(H,21,22). The molecule has 0 saturated heterocycles. The van der Waals surface area contributed by atoms with Crippen LogP contribution in [0.5, 0.6) is 5.75 Å². The highest BCUT2D eigenvalue weighted by molar-refractivity contribution is 7.09. The van der Waals surface area contributed by atoms with Crippen LogP contribution in [0.2, 0.25) is 0 Å². The van der Waals surface area contributed by atoms with Crippen molar-refractivity contribution in [2.24, 2.45) is 0 Å². The van der Waals surface area contributed by atoms with Gasteiger partial charge in [-0.2, -0.15) is 0 Å². The molecule has 0 aliphatic heterocycles. The molecule has 1 N–H and O–H groups in total. The lowest BCUT2D eigenvalue weighted by Gasteiger charge is -2.12. The molecule has 0 fully saturated rings. The summed E-state index contributed by atoms with van der Waals surface area (Å²) in [6, 6.07) is 12.4. The molecule has 0 saturated carbocycles. The minimum absolute atomic E-state index is 0.327. The molecule has 24 heavy (non-hydrogen) atoms. The number of nitrogens with zero attached hydrogens (tertiary/aromatic N) is 1. The Morgan fingerprint density at radius 2 is 2.17 bits per heavy atom. The molecule has 0 spiro atoms. The highest BCUT2D eigenvalue weighted by Gasteiger charge is 2.09. The van der Waals surface area contributed by atoms with Gasteiger partial charge in [-0.05, 0) is 41.3 Å². The molecule has 0 aliphatic carbocycles. The van der Waals surface area contributed by atoms with E-state index >= 15 is 0 Å². The zero-order valence-electron chi connectivity index (χ0n) is 13.3. The van der Waals surface area contributed by atoms with E-state index in [1.54, 1.807) is 23.6 Å². The molecule has 0 bridgehead atoms. The molecular formula is C19H17FN2OS. The van der Waals surface area contributed by atoms with Crippen LogP contribution in [-0.2, 0) is 6.42 Å². The van der Waals surface area contributed by atoms with Gasteiger partial charge in [-0.1, -0.05) is 12.6 Å². The maximum atomic E-state index is 13.4. The van der Waals surface area contributed by atoms with Crippen LogP contribution in [0, 0.1) is 5.82 Å². The fraction of sp³-hybridized carbons (Fsp3) is 0.105. The van der Waals surface area contributed by atoms with Crippen LogP contribution >= 0.6 is 11.3 Å². The summed E-state index contributed by atoms with van der Waals surface area (Å²) >= 11 is 1.69. The van der Waals surface area contributed by atoms with E-state index in [9.17, 15) is 4.39 Å². The molecule has 2 aromatic heterocycles. The number of allylic oxidation sites excluding steroid dienone is 1. The Morgan fingerprint density at radius 1 is 1.29 bits per heavy atom. The first-order valence-corrected chi connectivity index (χ1v) is 8.31. The highest BCUT2D eigenvalue weighted by atomic mass is 32.1. The van der Waals surface area contributed by atoms with Gasteiger partial charge in [-0.25, -0.2) is 9.37 Å². The summed E-state index contributed by atoms with van der Waals surface area (Å²) < 4.78 is 18.6. The Hall–Kier alpha value is -2.66. The Morgan fingerprint density at radius 3 is 2.92 bits per heavy atom. The topological polar surface area (TPSA) is 34.1 Å². The van der Waals surface area contributed by atoms with Gasteiger partial charge >= 0.3 is 0 Å². The molecule has 0 atom stereocenters. The Balaban J connectivity index is 1.80. The zero-order chi connectivity index (χ0) is 16.9. The van der Waals surface area contributed by atoms with Gasteiger partial charge < -0.3 is 10.1 Å². The maximum absolute atomic E-state index is 13.4. The number of methoxy groups -OCH3 is 1. The number of rotatable bonds is 6. The van der Waals surface area contributed by atoms with E-state index in [-0.39, 0.29) is 5.82 Å². The Kier molecular flexibility index (Phi) is 4.91. The van der Waals surface area contributed by atoms with E-state index in [0.29, 0.717) is 11.6 Å². The molecule has 0 unspecified atom stereocenters. The lowest BCUT2D eigenvalue weighted by atomic mass is 10.1. The van der Waals surface area contributed by atoms with E-state index in [0.717, 1.165) is 23.2 Å². The van der Waals surface area contributed by atoms with E-state index < -0.39 is 0 Å². The number of pyridine rings is 1. The quantitative estimate of drug-likeness (QED) is 0.676. The third-order valence-corrected chi connectivity index (χ3v) is 4.38. The first-order chi connectivity index (χ1) is 11.7. The van der Waals surface area contributed by atoms with E-state index in [4.69, 9.17) is 4.74 Å². The average Bonchev–Trinajstić information content (AvgIpc) is 3.07. The number of thiophene rings is 1. The molecule has 122 valence electrons. The Bertz CT molecular complexity index is 846. The fourth-order valence-electron chi connectivity index (χ4n) is 2.42. The smallest absolute Gasteiger partial charge is 0.130 e. The molecule has 0 radical (unpaired) electrons. The SMILES string of the molecule is C=C(Cc1cccs1)Nc1cc(-c2ccc(F)cc2OC)ccn1. The van der Waals surface area contributed by atoms with Gasteiger partial charge in [0.2, 0.25) is 0 Å². The zero-order valence-corrected chi connectivity index (χ0v) is 14.1. The number of nitrogens with one attached hydrogen (secondary N) is 1. The first kappa shape index (κ1) is 16.2. The molecular weight excluding hydrogens is 323 g/mol. The summed E-state index contributed by atoms with van der Waals surface area (Å²) in [5.74, 6) is 0.859. The van der Waals surface area contributed by atoms with Gasteiger partial charge in [-0.3, -0.25) is 0 Å². The predicted octanol–water partition coefficient (Wildman–Crippen LogP) is 5.13. The number of ether oxygens (including phenoxy) is 1. The normalized spacial score (nSPS) is 10.4. The molecule has 0 amide bonds. The van der Waals surface area contributed by atoms with Gasteiger partial charge in [0, 0.05) is 34.8 Å². The third-order valence-electron chi connectivity index (χ3n) is 3.51. The van der Waals surface area contributed by atoms with Crippen LogP contribution in [-0.4, -0.2) is 12.1 Å². The molecule has 5 heteroatoms. The van der Waals surface area contributed by atoms with Crippen LogP contribution in [0.3, 0.4) is 0 Å². The van der Waals surface area contributed by atoms with Crippen molar-refractivity contribution < 1.29 is 9.13 Å². The lowest BCUT2D eigenvalue weighted by Crippen LogP contribution is -2.02. The Labute approximate surface area is 144 Å². The summed E-state index contributed by atoms with van der Waals surface area (Å²) in [5.41, 5.74) is 2.58. The second kappa shape index (κ2) is 7.27. The number of anilines is 1. The second-order valence-corrected chi connectivity index (χ2v) is 6.29. The lowest BCUT2D eigenvalue weighted by molar-refractivity contribution is 0.413. The average molecular weight is 340 g/mol. The fourth-order valence-corrected chi connectivity index (χ4v) is 3.17. The minimum Gasteiger partial charge on any atom is -0.496 e. The number of hydrogen-bond acceptors (Lipinski definition) is 4. The summed E-state index contributed by atoms with van der Waals surface area (Å²) in [6.45, 7) is 4.05. The molecule has 2 heterocycles. The first-order valence-electron chi connectivity index (χ1n) is 7.43. The molecule has 3 aromatic rings. The van der Waals surface area contributed by atoms with Crippen molar-refractivity contribution in [3.8, 4) is 16.9 Å². The van der Waals surface area contributed by atoms with Crippen LogP contribution in [0.1, 0.15) is 4.88 Å². The number of aromatic nitrogens is 1. The summed E-state index contributed by atoms with van der Waals surface area (Å²) in [6.07, 6.45) is 2.46. The van der Waals surface area contributed by atoms with Gasteiger partial charge in [0.15, 0.2) is 0 Å². The second-order valence-electron chi connectivity index (χ2n) is 5.26. The van der Waals surface area contributed by atoms with E-state index in [2.05, 4.69) is 22.9 Å². The minimum atomic E-state index is -0.327.